The number of aromatic nitrogens is 2. The van der Waals surface area contributed by atoms with Crippen LogP contribution >= 0.6 is 11.6 Å². The SMILES string of the molecule is CC(C)CNc1cc(C(F)(F)F)nc(Cl)n1. The van der Waals surface area contributed by atoms with Crippen molar-refractivity contribution in [2.75, 3.05) is 11.9 Å². The topological polar surface area (TPSA) is 37.8 Å². The van der Waals surface area contributed by atoms with E-state index in [9.17, 15) is 13.2 Å². The molecule has 1 heterocycles. The normalized spacial score (nSPS) is 11.9. The predicted octanol–water partition coefficient (Wildman–Crippen LogP) is 3.22. The first kappa shape index (κ1) is 13.0. The van der Waals surface area contributed by atoms with Gasteiger partial charge in [0.05, 0.1) is 0 Å². The molecule has 0 saturated heterocycles. The molecule has 16 heavy (non-hydrogen) atoms. The Hall–Kier alpha value is -1.04. The highest BCUT2D eigenvalue weighted by atomic mass is 35.5. The first-order valence-electron chi connectivity index (χ1n) is 4.64. The van der Waals surface area contributed by atoms with Crippen molar-refractivity contribution in [3.8, 4) is 0 Å². The standard InChI is InChI=1S/C9H11ClF3N3/c1-5(2)4-14-7-3-6(9(11,12)13)15-8(10)16-7/h3,5H,4H2,1-2H3,(H,14,15,16). The lowest BCUT2D eigenvalue weighted by Crippen LogP contribution is -2.13. The minimum Gasteiger partial charge on any atom is -0.370 e. The van der Waals surface area contributed by atoms with Crippen LogP contribution in [-0.2, 0) is 6.18 Å². The summed E-state index contributed by atoms with van der Waals surface area (Å²) in [6.07, 6.45) is -4.51. The molecule has 90 valence electrons. The molecule has 1 rings (SSSR count). The minimum absolute atomic E-state index is 0.0843. The van der Waals surface area contributed by atoms with E-state index >= 15 is 0 Å². The second kappa shape index (κ2) is 4.86. The van der Waals surface area contributed by atoms with Gasteiger partial charge in [-0.2, -0.15) is 13.2 Å². The van der Waals surface area contributed by atoms with Gasteiger partial charge in [-0.05, 0) is 17.5 Å². The van der Waals surface area contributed by atoms with Gasteiger partial charge >= 0.3 is 6.18 Å². The maximum atomic E-state index is 12.4. The van der Waals surface area contributed by atoms with Gasteiger partial charge in [-0.3, -0.25) is 0 Å². The van der Waals surface area contributed by atoms with Gasteiger partial charge < -0.3 is 5.32 Å². The van der Waals surface area contributed by atoms with Crippen molar-refractivity contribution in [3.63, 3.8) is 0 Å². The van der Waals surface area contributed by atoms with E-state index in [-0.39, 0.29) is 5.82 Å². The van der Waals surface area contributed by atoms with Crippen molar-refractivity contribution in [1.82, 2.24) is 9.97 Å². The van der Waals surface area contributed by atoms with E-state index in [4.69, 9.17) is 11.6 Å². The summed E-state index contributed by atoms with van der Waals surface area (Å²) in [5.41, 5.74) is -1.04. The minimum atomic E-state index is -4.51. The number of alkyl halides is 3. The van der Waals surface area contributed by atoms with E-state index in [1.165, 1.54) is 0 Å². The van der Waals surface area contributed by atoms with Gasteiger partial charge in [0.2, 0.25) is 5.28 Å². The van der Waals surface area contributed by atoms with Crippen molar-refractivity contribution in [3.05, 3.63) is 17.0 Å². The Kier molecular flexibility index (Phi) is 3.96. The summed E-state index contributed by atoms with van der Waals surface area (Å²) in [6.45, 7) is 4.38. The van der Waals surface area contributed by atoms with E-state index in [0.29, 0.717) is 12.5 Å². The van der Waals surface area contributed by atoms with E-state index < -0.39 is 17.2 Å². The molecular weight excluding hydrogens is 243 g/mol. The van der Waals surface area contributed by atoms with Crippen LogP contribution in [-0.4, -0.2) is 16.5 Å². The van der Waals surface area contributed by atoms with Gasteiger partial charge in [0, 0.05) is 12.6 Å². The van der Waals surface area contributed by atoms with Crippen LogP contribution in [0.2, 0.25) is 5.28 Å². The zero-order valence-electron chi connectivity index (χ0n) is 8.77. The quantitative estimate of drug-likeness (QED) is 0.841. The van der Waals surface area contributed by atoms with Crippen molar-refractivity contribution in [2.24, 2.45) is 5.92 Å². The number of anilines is 1. The van der Waals surface area contributed by atoms with E-state index in [1.54, 1.807) is 0 Å². The molecule has 0 aliphatic rings. The van der Waals surface area contributed by atoms with Crippen LogP contribution in [0.1, 0.15) is 19.5 Å². The van der Waals surface area contributed by atoms with Gasteiger partial charge in [-0.15, -0.1) is 0 Å². The van der Waals surface area contributed by atoms with Crippen LogP contribution in [0.15, 0.2) is 6.07 Å². The third-order valence-corrected chi connectivity index (χ3v) is 1.85. The molecule has 0 spiro atoms. The van der Waals surface area contributed by atoms with Crippen LogP contribution in [0.3, 0.4) is 0 Å². The first-order valence-corrected chi connectivity index (χ1v) is 5.02. The Morgan fingerprint density at radius 3 is 2.50 bits per heavy atom. The smallest absolute Gasteiger partial charge is 0.370 e. The maximum Gasteiger partial charge on any atom is 0.433 e. The lowest BCUT2D eigenvalue weighted by atomic mass is 10.2. The maximum absolute atomic E-state index is 12.4. The number of halogens is 4. The highest BCUT2D eigenvalue weighted by Crippen LogP contribution is 2.29. The average molecular weight is 254 g/mol. The van der Waals surface area contributed by atoms with E-state index in [2.05, 4.69) is 15.3 Å². The predicted molar refractivity (Wildman–Crippen MR) is 55.4 cm³/mol. The van der Waals surface area contributed by atoms with Crippen molar-refractivity contribution in [2.45, 2.75) is 20.0 Å². The summed E-state index contributed by atoms with van der Waals surface area (Å²) >= 11 is 5.41. The Labute approximate surface area is 96.0 Å². The molecule has 0 fully saturated rings. The lowest BCUT2D eigenvalue weighted by molar-refractivity contribution is -0.141. The van der Waals surface area contributed by atoms with Crippen LogP contribution in [0.5, 0.6) is 0 Å². The van der Waals surface area contributed by atoms with Crippen LogP contribution in [0.4, 0.5) is 19.0 Å². The highest BCUT2D eigenvalue weighted by Gasteiger charge is 2.33. The van der Waals surface area contributed by atoms with Crippen molar-refractivity contribution in [1.29, 1.82) is 0 Å². The molecule has 0 aliphatic heterocycles. The average Bonchev–Trinajstić information content (AvgIpc) is 2.12. The van der Waals surface area contributed by atoms with Crippen LogP contribution in [0.25, 0.3) is 0 Å². The Morgan fingerprint density at radius 1 is 1.38 bits per heavy atom. The number of nitrogens with one attached hydrogen (secondary N) is 1. The second-order valence-electron chi connectivity index (χ2n) is 3.68. The highest BCUT2D eigenvalue weighted by molar-refractivity contribution is 6.28. The van der Waals surface area contributed by atoms with Crippen molar-refractivity contribution < 1.29 is 13.2 Å². The third kappa shape index (κ3) is 3.84. The summed E-state index contributed by atoms with van der Waals surface area (Å²) in [5.74, 6) is 0.379. The largest absolute Gasteiger partial charge is 0.433 e. The fourth-order valence-corrected chi connectivity index (χ4v) is 1.14. The van der Waals surface area contributed by atoms with E-state index in [0.717, 1.165) is 6.07 Å². The molecule has 0 aromatic carbocycles. The first-order chi connectivity index (χ1) is 7.29. The molecule has 0 atom stereocenters. The zero-order valence-corrected chi connectivity index (χ0v) is 9.52. The summed E-state index contributed by atoms with van der Waals surface area (Å²) < 4.78 is 37.1. The lowest BCUT2D eigenvalue weighted by Gasteiger charge is -2.11. The molecule has 1 aromatic heterocycles. The Morgan fingerprint density at radius 2 is 2.00 bits per heavy atom. The Balaban J connectivity index is 2.90. The summed E-state index contributed by atoms with van der Waals surface area (Å²) in [6, 6.07) is 0.842. The second-order valence-corrected chi connectivity index (χ2v) is 4.02. The molecular formula is C9H11ClF3N3. The van der Waals surface area contributed by atoms with Gasteiger partial charge in [-0.25, -0.2) is 9.97 Å². The molecule has 0 aliphatic carbocycles. The number of hydrogen-bond acceptors (Lipinski definition) is 3. The number of rotatable bonds is 3. The van der Waals surface area contributed by atoms with Crippen molar-refractivity contribution >= 4 is 17.4 Å². The fourth-order valence-electron chi connectivity index (χ4n) is 0.962. The molecule has 0 bridgehead atoms. The fraction of sp³-hybridized carbons (Fsp3) is 0.556. The van der Waals surface area contributed by atoms with Gasteiger partial charge in [0.15, 0.2) is 5.69 Å². The molecule has 0 radical (unpaired) electrons. The van der Waals surface area contributed by atoms with Gasteiger partial charge in [-0.1, -0.05) is 13.8 Å². The molecule has 0 amide bonds. The molecule has 1 N–H and O–H groups in total. The molecule has 0 unspecified atom stereocenters. The van der Waals surface area contributed by atoms with E-state index in [1.807, 2.05) is 13.8 Å². The third-order valence-electron chi connectivity index (χ3n) is 1.68. The molecule has 1 aromatic rings. The monoisotopic (exact) mass is 253 g/mol. The number of hydrogen-bond donors (Lipinski definition) is 1. The Bertz CT molecular complexity index is 366. The summed E-state index contributed by atoms with van der Waals surface area (Å²) in [4.78, 5) is 6.78. The molecule has 3 nitrogen and oxygen atoms in total. The molecule has 0 saturated carbocycles. The van der Waals surface area contributed by atoms with Gasteiger partial charge in [0.1, 0.15) is 5.82 Å². The van der Waals surface area contributed by atoms with Crippen LogP contribution in [0, 0.1) is 5.92 Å². The van der Waals surface area contributed by atoms with Crippen LogP contribution < -0.4 is 5.32 Å². The zero-order chi connectivity index (χ0) is 12.3. The van der Waals surface area contributed by atoms with Gasteiger partial charge in [0.25, 0.3) is 0 Å². The molecule has 7 heteroatoms. The number of nitrogens with zero attached hydrogens (tertiary/aromatic N) is 2. The summed E-state index contributed by atoms with van der Waals surface area (Å²) in [7, 11) is 0. The summed E-state index contributed by atoms with van der Waals surface area (Å²) in [5, 5.41) is 2.35.